The molecule has 2 aliphatic heterocycles. The number of halogens is 1. The summed E-state index contributed by atoms with van der Waals surface area (Å²) >= 11 is 6.50. The van der Waals surface area contributed by atoms with Crippen LogP contribution in [0.1, 0.15) is 69.1 Å². The summed E-state index contributed by atoms with van der Waals surface area (Å²) in [6.07, 6.45) is 4.40. The van der Waals surface area contributed by atoms with Gasteiger partial charge in [0.25, 0.3) is 0 Å². The second kappa shape index (κ2) is 9.09. The van der Waals surface area contributed by atoms with E-state index >= 15 is 0 Å². The fourth-order valence-corrected chi connectivity index (χ4v) is 5.45. The van der Waals surface area contributed by atoms with Crippen molar-refractivity contribution < 1.29 is 19.0 Å². The van der Waals surface area contributed by atoms with Gasteiger partial charge in [-0.15, -0.1) is 0 Å². The molecule has 1 saturated heterocycles. The summed E-state index contributed by atoms with van der Waals surface area (Å²) in [7, 11) is 0. The maximum absolute atomic E-state index is 12.2. The Bertz CT molecular complexity index is 1060. The molecule has 3 aliphatic rings. The summed E-state index contributed by atoms with van der Waals surface area (Å²) in [6.45, 7) is 8.92. The third kappa shape index (κ3) is 5.06. The molecule has 5 rings (SSSR count). The van der Waals surface area contributed by atoms with E-state index in [-0.39, 0.29) is 11.4 Å². The standard InChI is InChI=1S/C28H34ClNO4/c1-27(2,3)34-26(31)16-30-13-11-28(12-14-30)18-33-25-15-20(9-10-23(25)28)32-17-22-21(19-7-8-19)5-4-6-24(22)29/h4-6,9-10,15,19H,7-8,11-14,16-18H2,1-3H3. The molecule has 1 spiro atoms. The molecule has 0 unspecified atom stereocenters. The van der Waals surface area contributed by atoms with Crippen LogP contribution in [0.25, 0.3) is 0 Å². The summed E-state index contributed by atoms with van der Waals surface area (Å²) in [5.41, 5.74) is 3.24. The van der Waals surface area contributed by atoms with E-state index in [0.717, 1.165) is 48.0 Å². The van der Waals surface area contributed by atoms with Crippen molar-refractivity contribution in [3.05, 3.63) is 58.1 Å². The van der Waals surface area contributed by atoms with Crippen LogP contribution in [0.4, 0.5) is 0 Å². The zero-order chi connectivity index (χ0) is 23.9. The minimum atomic E-state index is -0.447. The number of hydrogen-bond donors (Lipinski definition) is 0. The molecule has 182 valence electrons. The van der Waals surface area contributed by atoms with Gasteiger partial charge in [0.2, 0.25) is 0 Å². The Morgan fingerprint density at radius 2 is 1.94 bits per heavy atom. The van der Waals surface area contributed by atoms with Crippen molar-refractivity contribution in [3.63, 3.8) is 0 Å². The third-order valence-electron chi connectivity index (χ3n) is 7.17. The van der Waals surface area contributed by atoms with Crippen LogP contribution in [-0.2, 0) is 21.6 Å². The average Bonchev–Trinajstić information content (AvgIpc) is 3.57. The number of carbonyl (C=O) groups is 1. The zero-order valence-electron chi connectivity index (χ0n) is 20.4. The van der Waals surface area contributed by atoms with E-state index in [2.05, 4.69) is 23.1 Å². The van der Waals surface area contributed by atoms with Crippen LogP contribution in [0.3, 0.4) is 0 Å². The summed E-state index contributed by atoms with van der Waals surface area (Å²) in [6, 6.07) is 12.4. The first-order valence-corrected chi connectivity index (χ1v) is 12.7. The maximum atomic E-state index is 12.2. The molecule has 2 aromatic carbocycles. The first-order chi connectivity index (χ1) is 16.2. The molecule has 1 saturated carbocycles. The fourth-order valence-electron chi connectivity index (χ4n) is 5.21. The number of fused-ring (bicyclic) bond motifs is 2. The number of nitrogens with zero attached hydrogens (tertiary/aromatic N) is 1. The minimum absolute atomic E-state index is 0.0141. The predicted molar refractivity (Wildman–Crippen MR) is 133 cm³/mol. The van der Waals surface area contributed by atoms with Crippen molar-refractivity contribution >= 4 is 17.6 Å². The van der Waals surface area contributed by atoms with E-state index in [1.807, 2.05) is 39.0 Å². The van der Waals surface area contributed by atoms with Crippen LogP contribution in [0, 0.1) is 0 Å². The lowest BCUT2D eigenvalue weighted by atomic mass is 9.74. The van der Waals surface area contributed by atoms with Gasteiger partial charge in [-0.25, -0.2) is 0 Å². The molecule has 0 bridgehead atoms. The van der Waals surface area contributed by atoms with Gasteiger partial charge < -0.3 is 14.2 Å². The number of rotatable bonds is 6. The van der Waals surface area contributed by atoms with E-state index in [4.69, 9.17) is 25.8 Å². The Morgan fingerprint density at radius 3 is 2.65 bits per heavy atom. The lowest BCUT2D eigenvalue weighted by Gasteiger charge is -2.38. The molecule has 5 nitrogen and oxygen atoms in total. The summed E-state index contributed by atoms with van der Waals surface area (Å²) in [5, 5.41) is 0.777. The Balaban J connectivity index is 1.21. The van der Waals surface area contributed by atoms with Crippen LogP contribution in [-0.4, -0.2) is 42.7 Å². The molecule has 0 aromatic heterocycles. The van der Waals surface area contributed by atoms with Gasteiger partial charge in [0.1, 0.15) is 23.7 Å². The highest BCUT2D eigenvalue weighted by Crippen LogP contribution is 2.47. The van der Waals surface area contributed by atoms with Crippen LogP contribution >= 0.6 is 11.6 Å². The third-order valence-corrected chi connectivity index (χ3v) is 7.52. The average molecular weight is 484 g/mol. The molecule has 0 atom stereocenters. The molecular formula is C28H34ClNO4. The summed E-state index contributed by atoms with van der Waals surface area (Å²) in [4.78, 5) is 14.4. The smallest absolute Gasteiger partial charge is 0.320 e. The number of benzene rings is 2. The Kier molecular flexibility index (Phi) is 6.28. The molecule has 34 heavy (non-hydrogen) atoms. The van der Waals surface area contributed by atoms with Crippen molar-refractivity contribution in [2.75, 3.05) is 26.2 Å². The quantitative estimate of drug-likeness (QED) is 0.481. The minimum Gasteiger partial charge on any atom is -0.492 e. The summed E-state index contributed by atoms with van der Waals surface area (Å²) < 4.78 is 17.8. The number of esters is 1. The van der Waals surface area contributed by atoms with Crippen molar-refractivity contribution in [1.82, 2.24) is 4.90 Å². The SMILES string of the molecule is CC(C)(C)OC(=O)CN1CCC2(CC1)COc1cc(OCc3c(Cl)cccc3C3CC3)ccc12. The zero-order valence-corrected chi connectivity index (χ0v) is 21.1. The van der Waals surface area contributed by atoms with Crippen LogP contribution in [0.2, 0.25) is 5.02 Å². The van der Waals surface area contributed by atoms with Crippen molar-refractivity contribution in [3.8, 4) is 11.5 Å². The highest BCUT2D eigenvalue weighted by Gasteiger charge is 2.43. The van der Waals surface area contributed by atoms with Gasteiger partial charge in [-0.05, 0) is 83.2 Å². The lowest BCUT2D eigenvalue weighted by Crippen LogP contribution is -2.46. The van der Waals surface area contributed by atoms with E-state index in [1.54, 1.807) is 0 Å². The van der Waals surface area contributed by atoms with E-state index in [9.17, 15) is 4.79 Å². The number of carbonyl (C=O) groups excluding carboxylic acids is 1. The van der Waals surface area contributed by atoms with Gasteiger partial charge in [0.05, 0.1) is 13.2 Å². The van der Waals surface area contributed by atoms with Gasteiger partial charge in [-0.3, -0.25) is 9.69 Å². The molecule has 2 heterocycles. The number of ether oxygens (including phenoxy) is 3. The molecule has 2 aromatic rings. The Labute approximate surface area is 207 Å². The largest absolute Gasteiger partial charge is 0.492 e. The maximum Gasteiger partial charge on any atom is 0.320 e. The van der Waals surface area contributed by atoms with E-state index < -0.39 is 5.60 Å². The van der Waals surface area contributed by atoms with Gasteiger partial charge >= 0.3 is 5.97 Å². The van der Waals surface area contributed by atoms with Crippen molar-refractivity contribution in [1.29, 1.82) is 0 Å². The highest BCUT2D eigenvalue weighted by atomic mass is 35.5. The monoisotopic (exact) mass is 483 g/mol. The molecule has 1 aliphatic carbocycles. The van der Waals surface area contributed by atoms with Crippen LogP contribution < -0.4 is 9.47 Å². The number of hydrogen-bond acceptors (Lipinski definition) is 5. The van der Waals surface area contributed by atoms with E-state index in [1.165, 1.54) is 24.0 Å². The van der Waals surface area contributed by atoms with Crippen LogP contribution in [0.5, 0.6) is 11.5 Å². The predicted octanol–water partition coefficient (Wildman–Crippen LogP) is 5.86. The lowest BCUT2D eigenvalue weighted by molar-refractivity contribution is -0.156. The Morgan fingerprint density at radius 1 is 1.18 bits per heavy atom. The topological polar surface area (TPSA) is 48.0 Å². The van der Waals surface area contributed by atoms with Gasteiger partial charge in [-0.2, -0.15) is 0 Å². The molecule has 0 amide bonds. The highest BCUT2D eigenvalue weighted by molar-refractivity contribution is 6.31. The molecular weight excluding hydrogens is 450 g/mol. The van der Waals surface area contributed by atoms with Crippen molar-refractivity contribution in [2.24, 2.45) is 0 Å². The van der Waals surface area contributed by atoms with E-state index in [0.29, 0.717) is 25.7 Å². The summed E-state index contributed by atoms with van der Waals surface area (Å²) in [5.74, 6) is 2.19. The molecule has 0 radical (unpaired) electrons. The van der Waals surface area contributed by atoms with Crippen LogP contribution in [0.15, 0.2) is 36.4 Å². The molecule has 0 N–H and O–H groups in total. The number of likely N-dealkylation sites (tertiary alicyclic amines) is 1. The van der Waals surface area contributed by atoms with Gasteiger partial charge in [-0.1, -0.05) is 29.8 Å². The number of piperidine rings is 1. The Hall–Kier alpha value is -2.24. The normalized spacial score (nSPS) is 19.5. The van der Waals surface area contributed by atoms with Gasteiger partial charge in [0, 0.05) is 27.6 Å². The van der Waals surface area contributed by atoms with Gasteiger partial charge in [0.15, 0.2) is 0 Å². The molecule has 6 heteroatoms. The molecule has 2 fully saturated rings. The second-order valence-electron chi connectivity index (χ2n) is 11.0. The first-order valence-electron chi connectivity index (χ1n) is 12.3. The first kappa shape index (κ1) is 23.5. The second-order valence-corrected chi connectivity index (χ2v) is 11.4. The fraction of sp³-hybridized carbons (Fsp3) is 0.536. The van der Waals surface area contributed by atoms with Crippen molar-refractivity contribution in [2.45, 2.75) is 70.0 Å².